The zero-order valence-electron chi connectivity index (χ0n) is 11.1. The molecule has 1 aromatic heterocycles. The summed E-state index contributed by atoms with van der Waals surface area (Å²) >= 11 is 0. The fourth-order valence-electron chi connectivity index (χ4n) is 1.69. The number of hydrogen-bond donors (Lipinski definition) is 3. The Morgan fingerprint density at radius 3 is 2.75 bits per heavy atom. The van der Waals surface area contributed by atoms with E-state index in [4.69, 9.17) is 0 Å². The van der Waals surface area contributed by atoms with E-state index in [2.05, 4.69) is 27.8 Å². The van der Waals surface area contributed by atoms with Gasteiger partial charge in [-0.25, -0.2) is 5.10 Å². The maximum Gasteiger partial charge on any atom is 0.264 e. The van der Waals surface area contributed by atoms with Crippen LogP contribution in [0.1, 0.15) is 23.7 Å². The number of nitrogens with one attached hydrogen (secondary N) is 3. The fourth-order valence-corrected chi connectivity index (χ4v) is 1.69. The number of nitrogens with zero attached hydrogens (tertiary/aromatic N) is 1. The van der Waals surface area contributed by atoms with Crippen molar-refractivity contribution in [1.82, 2.24) is 10.2 Å². The summed E-state index contributed by atoms with van der Waals surface area (Å²) in [5, 5.41) is 11.9. The van der Waals surface area contributed by atoms with Crippen LogP contribution in [0.5, 0.6) is 0 Å². The number of aromatic amines is 1. The minimum absolute atomic E-state index is 0.274. The minimum Gasteiger partial charge on any atom is -0.384 e. The predicted molar refractivity (Wildman–Crippen MR) is 78.0 cm³/mol. The van der Waals surface area contributed by atoms with Crippen molar-refractivity contribution in [2.24, 2.45) is 0 Å². The molecule has 0 saturated carbocycles. The smallest absolute Gasteiger partial charge is 0.264 e. The van der Waals surface area contributed by atoms with Gasteiger partial charge < -0.3 is 10.6 Å². The Labute approximate surface area is 116 Å². The van der Waals surface area contributed by atoms with E-state index in [1.165, 1.54) is 12.1 Å². The van der Waals surface area contributed by atoms with Gasteiger partial charge in [-0.15, -0.1) is 0 Å². The molecule has 0 saturated heterocycles. The largest absolute Gasteiger partial charge is 0.384 e. The van der Waals surface area contributed by atoms with Crippen molar-refractivity contribution in [1.29, 1.82) is 0 Å². The number of carbonyl (C=O) groups excluding carboxylic acids is 1. The lowest BCUT2D eigenvalue weighted by Crippen LogP contribution is -2.17. The van der Waals surface area contributed by atoms with Gasteiger partial charge in [0.1, 0.15) is 0 Å². The Bertz CT molecular complexity index is 631. The highest BCUT2D eigenvalue weighted by molar-refractivity contribution is 6.07. The first-order chi connectivity index (χ1) is 9.70. The van der Waals surface area contributed by atoms with Crippen LogP contribution in [0.4, 0.5) is 11.5 Å². The molecule has 0 radical (unpaired) electrons. The second kappa shape index (κ2) is 6.51. The lowest BCUT2D eigenvalue weighted by atomic mass is 10.1. The molecular weight excluding hydrogens is 256 g/mol. The number of H-pyrrole nitrogens is 1. The quantitative estimate of drug-likeness (QED) is 0.775. The third-order valence-corrected chi connectivity index (χ3v) is 2.66. The summed E-state index contributed by atoms with van der Waals surface area (Å²) in [6, 6.07) is 10.0. The SMILES string of the molecule is CCCNc1ccccc1C(=O)Nc1ccc(=O)[nH]n1. The number of aromatic nitrogens is 2. The molecule has 0 fully saturated rings. The number of benzene rings is 1. The van der Waals surface area contributed by atoms with E-state index >= 15 is 0 Å². The summed E-state index contributed by atoms with van der Waals surface area (Å²) in [4.78, 5) is 23.1. The summed E-state index contributed by atoms with van der Waals surface area (Å²) in [6.07, 6.45) is 0.970. The van der Waals surface area contributed by atoms with Gasteiger partial charge in [0.15, 0.2) is 5.82 Å². The van der Waals surface area contributed by atoms with Crippen molar-refractivity contribution in [3.05, 3.63) is 52.3 Å². The van der Waals surface area contributed by atoms with Crippen LogP contribution in [0, 0.1) is 0 Å². The highest BCUT2D eigenvalue weighted by Gasteiger charge is 2.11. The van der Waals surface area contributed by atoms with Crippen LogP contribution in [0.25, 0.3) is 0 Å². The lowest BCUT2D eigenvalue weighted by molar-refractivity contribution is 0.102. The topological polar surface area (TPSA) is 86.9 Å². The Hall–Kier alpha value is -2.63. The molecule has 0 spiro atoms. The van der Waals surface area contributed by atoms with E-state index in [0.717, 1.165) is 18.7 Å². The van der Waals surface area contributed by atoms with Crippen molar-refractivity contribution < 1.29 is 4.79 Å². The first-order valence-electron chi connectivity index (χ1n) is 6.40. The zero-order valence-corrected chi connectivity index (χ0v) is 11.1. The van der Waals surface area contributed by atoms with Crippen LogP contribution in [0.2, 0.25) is 0 Å². The van der Waals surface area contributed by atoms with Gasteiger partial charge in [0.25, 0.3) is 11.5 Å². The van der Waals surface area contributed by atoms with Gasteiger partial charge in [0, 0.05) is 18.3 Å². The van der Waals surface area contributed by atoms with Gasteiger partial charge in [0.05, 0.1) is 5.56 Å². The number of para-hydroxylation sites is 1. The molecule has 1 aromatic carbocycles. The Kier molecular flexibility index (Phi) is 4.49. The maximum absolute atomic E-state index is 12.2. The number of amides is 1. The molecule has 0 aliphatic rings. The zero-order chi connectivity index (χ0) is 14.4. The molecule has 1 heterocycles. The predicted octanol–water partition coefficient (Wildman–Crippen LogP) is 1.84. The second-order valence-corrected chi connectivity index (χ2v) is 4.23. The van der Waals surface area contributed by atoms with Crippen molar-refractivity contribution in [2.45, 2.75) is 13.3 Å². The number of anilines is 2. The van der Waals surface area contributed by atoms with E-state index < -0.39 is 0 Å². The summed E-state index contributed by atoms with van der Waals surface area (Å²) in [6.45, 7) is 2.85. The molecule has 2 aromatic rings. The van der Waals surface area contributed by atoms with Gasteiger partial charge in [0.2, 0.25) is 0 Å². The van der Waals surface area contributed by atoms with E-state index in [1.807, 2.05) is 12.1 Å². The normalized spacial score (nSPS) is 10.1. The van der Waals surface area contributed by atoms with E-state index in [1.54, 1.807) is 12.1 Å². The molecular formula is C14H16N4O2. The Balaban J connectivity index is 2.16. The number of rotatable bonds is 5. The molecule has 0 aliphatic heterocycles. The molecule has 0 unspecified atom stereocenters. The van der Waals surface area contributed by atoms with Crippen LogP contribution in [-0.4, -0.2) is 22.6 Å². The van der Waals surface area contributed by atoms with Crippen molar-refractivity contribution in [2.75, 3.05) is 17.2 Å². The molecule has 0 aliphatic carbocycles. The van der Waals surface area contributed by atoms with Crippen molar-refractivity contribution >= 4 is 17.4 Å². The third kappa shape index (κ3) is 3.44. The molecule has 20 heavy (non-hydrogen) atoms. The van der Waals surface area contributed by atoms with E-state index in [9.17, 15) is 9.59 Å². The summed E-state index contributed by atoms with van der Waals surface area (Å²) in [5.74, 6) is 0.0312. The first kappa shape index (κ1) is 13.8. The maximum atomic E-state index is 12.2. The fraction of sp³-hybridized carbons (Fsp3) is 0.214. The summed E-state index contributed by atoms with van der Waals surface area (Å²) in [5.41, 5.74) is 0.998. The van der Waals surface area contributed by atoms with E-state index in [0.29, 0.717) is 11.4 Å². The van der Waals surface area contributed by atoms with Crippen LogP contribution in [-0.2, 0) is 0 Å². The first-order valence-corrected chi connectivity index (χ1v) is 6.40. The van der Waals surface area contributed by atoms with E-state index in [-0.39, 0.29) is 11.5 Å². The molecule has 0 bridgehead atoms. The van der Waals surface area contributed by atoms with Gasteiger partial charge in [-0.3, -0.25) is 9.59 Å². The Morgan fingerprint density at radius 1 is 1.25 bits per heavy atom. The van der Waals surface area contributed by atoms with Crippen LogP contribution in [0.3, 0.4) is 0 Å². The number of hydrogen-bond acceptors (Lipinski definition) is 4. The lowest BCUT2D eigenvalue weighted by Gasteiger charge is -2.11. The highest BCUT2D eigenvalue weighted by Crippen LogP contribution is 2.16. The highest BCUT2D eigenvalue weighted by atomic mass is 16.2. The summed E-state index contributed by atoms with van der Waals surface area (Å²) < 4.78 is 0. The molecule has 0 atom stereocenters. The third-order valence-electron chi connectivity index (χ3n) is 2.66. The summed E-state index contributed by atoms with van der Waals surface area (Å²) in [7, 11) is 0. The van der Waals surface area contributed by atoms with Gasteiger partial charge in [-0.2, -0.15) is 5.10 Å². The standard InChI is InChI=1S/C14H16N4O2/c1-2-9-15-11-6-4-3-5-10(11)14(20)16-12-7-8-13(19)18-17-12/h3-8,15H,2,9H2,1H3,(H,18,19)(H,16,17,20). The van der Waals surface area contributed by atoms with Crippen LogP contribution >= 0.6 is 0 Å². The molecule has 6 nitrogen and oxygen atoms in total. The number of carbonyl (C=O) groups is 1. The molecule has 2 rings (SSSR count). The van der Waals surface area contributed by atoms with Crippen molar-refractivity contribution in [3.63, 3.8) is 0 Å². The Morgan fingerprint density at radius 2 is 2.05 bits per heavy atom. The molecule has 1 amide bonds. The molecule has 3 N–H and O–H groups in total. The van der Waals surface area contributed by atoms with Crippen LogP contribution < -0.4 is 16.2 Å². The average molecular weight is 272 g/mol. The molecule has 6 heteroatoms. The second-order valence-electron chi connectivity index (χ2n) is 4.23. The molecule has 104 valence electrons. The van der Waals surface area contributed by atoms with Gasteiger partial charge in [-0.05, 0) is 24.6 Å². The monoisotopic (exact) mass is 272 g/mol. The van der Waals surface area contributed by atoms with Gasteiger partial charge in [-0.1, -0.05) is 19.1 Å². The average Bonchev–Trinajstić information content (AvgIpc) is 2.47. The van der Waals surface area contributed by atoms with Crippen molar-refractivity contribution in [3.8, 4) is 0 Å². The minimum atomic E-state index is -0.312. The van der Waals surface area contributed by atoms with Crippen LogP contribution in [0.15, 0.2) is 41.2 Å². The van der Waals surface area contributed by atoms with Gasteiger partial charge >= 0.3 is 0 Å².